The van der Waals surface area contributed by atoms with E-state index in [0.29, 0.717) is 57.9 Å². The largest absolute Gasteiger partial charge is 0.480 e. The van der Waals surface area contributed by atoms with Gasteiger partial charge in [0.2, 0.25) is 53.2 Å². The van der Waals surface area contributed by atoms with Gasteiger partial charge in [-0.25, -0.2) is 4.79 Å². The molecule has 0 aromatic heterocycles. The van der Waals surface area contributed by atoms with Crippen molar-refractivity contribution >= 4 is 75.9 Å². The van der Waals surface area contributed by atoms with Crippen molar-refractivity contribution in [2.75, 3.05) is 39.3 Å². The molecule has 27 nitrogen and oxygen atoms in total. The van der Waals surface area contributed by atoms with Gasteiger partial charge in [-0.2, -0.15) is 0 Å². The van der Waals surface area contributed by atoms with Crippen molar-refractivity contribution in [1.29, 1.82) is 0 Å². The lowest BCUT2D eigenvalue weighted by molar-refractivity contribution is -0.148. The molecule has 3 heterocycles. The fourth-order valence-corrected chi connectivity index (χ4v) is 13.5. The molecule has 3 aliphatic heterocycles. The normalized spacial score (nSPS) is 21.1. The molecular weight excluding hydrogens is 1170 g/mol. The van der Waals surface area contributed by atoms with Gasteiger partial charge >= 0.3 is 5.97 Å². The third kappa shape index (κ3) is 18.0. The summed E-state index contributed by atoms with van der Waals surface area (Å²) in [5.74, 6) is -8.46. The number of β-amino-alcohol motifs (C(OH)–C–C–N with tert-alkyl or cyclic N) is 1. The number of carboxylic acid groups (broad SMARTS) is 1. The molecule has 8 rings (SSSR count). The molecular formula is C64H90N14O13. The molecule has 91 heavy (non-hydrogen) atoms. The Labute approximate surface area is 528 Å². The number of carbonyl (C=O) groups is 10. The third-order valence-corrected chi connectivity index (χ3v) is 18.4. The Balaban J connectivity index is 0.920. The maximum atomic E-state index is 14.9. The monoisotopic (exact) mass is 1260 g/mol. The van der Waals surface area contributed by atoms with Crippen molar-refractivity contribution < 1.29 is 63.3 Å². The van der Waals surface area contributed by atoms with E-state index in [9.17, 15) is 63.3 Å². The van der Waals surface area contributed by atoms with Gasteiger partial charge in [0, 0.05) is 45.4 Å². The number of hydrogen-bond donors (Lipinski definition) is 13. The fourth-order valence-electron chi connectivity index (χ4n) is 13.5. The van der Waals surface area contributed by atoms with Crippen LogP contribution in [0.5, 0.6) is 0 Å². The van der Waals surface area contributed by atoms with Crippen molar-refractivity contribution in [1.82, 2.24) is 46.6 Å². The number of benzene rings is 3. The SMILES string of the molecule is NCCCC[C@@H](N)C(=O)N[C@H](Cc1ccc2ccccc2c1)C(=O)N[C@@H](CCCN=C(N)N)C(=O)N1CCC[C@H]1C(=O)N1C[C@H](O)C[C@H]1C(=O)NCC(=O)NC(C(=O)N[C@@H](CO)C(=O)N1Cc2ccccc2C[C@@H]1C(=O)NC(C(=O)O)C1CCCC1)C1CCCC1. The topological polar surface area (TPSA) is 430 Å². The zero-order valence-electron chi connectivity index (χ0n) is 51.5. The number of rotatable bonds is 29. The predicted molar refractivity (Wildman–Crippen MR) is 335 cm³/mol. The number of aliphatic hydroxyl groups excluding tert-OH is 2. The number of likely N-dealkylation sites (tertiary alicyclic amines) is 2. The lowest BCUT2D eigenvalue weighted by Gasteiger charge is -2.38. The molecule has 17 N–H and O–H groups in total. The van der Waals surface area contributed by atoms with E-state index in [0.717, 1.165) is 53.1 Å². The average molecular weight is 1260 g/mol. The summed E-state index contributed by atoms with van der Waals surface area (Å²) in [4.78, 5) is 149. The van der Waals surface area contributed by atoms with E-state index in [2.05, 4.69) is 36.9 Å². The number of aliphatic imine (C=N–C) groups is 1. The maximum absolute atomic E-state index is 14.9. The average Bonchev–Trinajstić information content (AvgIpc) is 1.81. The van der Waals surface area contributed by atoms with Crippen LogP contribution in [0.25, 0.3) is 10.8 Å². The van der Waals surface area contributed by atoms with Crippen LogP contribution >= 0.6 is 0 Å². The van der Waals surface area contributed by atoms with Gasteiger partial charge in [0.15, 0.2) is 5.96 Å². The van der Waals surface area contributed by atoms with Gasteiger partial charge in [-0.05, 0) is 110 Å². The number of aliphatic hydroxyl groups is 2. The zero-order chi connectivity index (χ0) is 65.3. The van der Waals surface area contributed by atoms with E-state index < -0.39 is 139 Å². The van der Waals surface area contributed by atoms with Crippen LogP contribution < -0.4 is 54.8 Å². The number of nitrogens with two attached hydrogens (primary N) is 4. The van der Waals surface area contributed by atoms with Crippen molar-refractivity contribution in [2.45, 2.75) is 183 Å². The molecule has 27 heteroatoms. The minimum atomic E-state index is -1.58. The van der Waals surface area contributed by atoms with Crippen molar-refractivity contribution in [3.8, 4) is 0 Å². The second-order valence-corrected chi connectivity index (χ2v) is 24.8. The van der Waals surface area contributed by atoms with E-state index >= 15 is 0 Å². The van der Waals surface area contributed by atoms with Gasteiger partial charge in [0.25, 0.3) is 0 Å². The summed E-state index contributed by atoms with van der Waals surface area (Å²) in [7, 11) is 0. The molecule has 2 aliphatic carbocycles. The number of carboxylic acids is 1. The van der Waals surface area contributed by atoms with Crippen molar-refractivity contribution in [2.24, 2.45) is 39.8 Å². The zero-order valence-corrected chi connectivity index (χ0v) is 51.5. The van der Waals surface area contributed by atoms with Crippen LogP contribution in [0.15, 0.2) is 71.7 Å². The summed E-state index contributed by atoms with van der Waals surface area (Å²) >= 11 is 0. The summed E-state index contributed by atoms with van der Waals surface area (Å²) in [5.41, 5.74) is 25.4. The first-order valence-electron chi connectivity index (χ1n) is 32.0. The van der Waals surface area contributed by atoms with E-state index in [1.165, 1.54) is 14.7 Å². The first kappa shape index (κ1) is 68.6. The summed E-state index contributed by atoms with van der Waals surface area (Å²) in [5, 5.41) is 49.9. The number of nitrogens with zero attached hydrogens (tertiary/aromatic N) is 4. The van der Waals surface area contributed by atoms with Crippen LogP contribution in [0.4, 0.5) is 0 Å². The van der Waals surface area contributed by atoms with E-state index in [4.69, 9.17) is 22.9 Å². The summed E-state index contributed by atoms with van der Waals surface area (Å²) in [6.45, 7) is -1.30. The molecule has 2 saturated carbocycles. The lowest BCUT2D eigenvalue weighted by Crippen LogP contribution is -2.62. The smallest absolute Gasteiger partial charge is 0.326 e. The number of aliphatic carboxylic acids is 1. The molecule has 4 fully saturated rings. The quantitative estimate of drug-likeness (QED) is 0.0220. The number of guanidine groups is 1. The molecule has 2 saturated heterocycles. The highest BCUT2D eigenvalue weighted by Gasteiger charge is 2.47. The first-order valence-corrected chi connectivity index (χ1v) is 32.0. The summed E-state index contributed by atoms with van der Waals surface area (Å²) in [6.07, 6.45) is 6.46. The van der Waals surface area contributed by atoms with Crippen LogP contribution in [0.3, 0.4) is 0 Å². The molecule has 0 bridgehead atoms. The molecule has 3 aromatic rings. The van der Waals surface area contributed by atoms with Crippen LogP contribution in [-0.2, 0) is 67.3 Å². The Morgan fingerprint density at radius 3 is 1.96 bits per heavy atom. The molecule has 5 aliphatic rings. The molecule has 9 amide bonds. The Hall–Kier alpha value is -8.27. The number of carbonyl (C=O) groups excluding carboxylic acids is 9. The number of unbranched alkanes of at least 4 members (excludes halogenated alkanes) is 1. The molecule has 0 spiro atoms. The summed E-state index contributed by atoms with van der Waals surface area (Å²) in [6, 6.07) is 9.48. The van der Waals surface area contributed by atoms with Crippen LogP contribution in [0, 0.1) is 11.8 Å². The minimum absolute atomic E-state index is 0.0136. The number of amides is 9. The highest BCUT2D eigenvalue weighted by Crippen LogP contribution is 2.32. The Bertz CT molecular complexity index is 3130. The molecule has 10 atom stereocenters. The van der Waals surface area contributed by atoms with E-state index in [-0.39, 0.29) is 76.6 Å². The first-order chi connectivity index (χ1) is 43.7. The predicted octanol–water partition coefficient (Wildman–Crippen LogP) is -1.20. The number of fused-ring (bicyclic) bond motifs is 2. The number of hydrogen-bond acceptors (Lipinski definition) is 15. The van der Waals surface area contributed by atoms with Gasteiger partial charge in [-0.3, -0.25) is 48.1 Å². The standard InChI is InChI=1S/C64H90N14O13/c65-26-10-9-21-45(66)55(82)72-47(30-37-24-25-38-13-1-6-18-41(38)29-37)56(83)71-46(22-11-27-69-64(67)68)60(87)76-28-12-23-49(76)62(89)78-35-44(80)32-51(78)57(84)70-33-52(81)74-53(39-14-2-3-15-39)59(86)73-48(36-79)61(88)77-34-43-20-8-7-19-42(43)31-50(77)58(85)75-54(63(90)91)40-16-4-5-17-40/h1,6-8,13,18-20,24-25,29,39-40,44-51,53-54,79-80H,2-5,9-12,14-17,21-23,26-28,30-36,65-66H2,(H,70,84)(H,71,83)(H,72,82)(H,73,86)(H,74,81)(H,75,85)(H,90,91)(H4,67,68,69)/t44-,45-,46+,47-,48+,49+,50-,51+,53?,54?/m1/s1. The van der Waals surface area contributed by atoms with Gasteiger partial charge in [0.05, 0.1) is 25.3 Å². The third-order valence-electron chi connectivity index (χ3n) is 18.4. The van der Waals surface area contributed by atoms with Crippen LogP contribution in [0.2, 0.25) is 0 Å². The van der Waals surface area contributed by atoms with Gasteiger partial charge < -0.3 is 84.9 Å². The Morgan fingerprint density at radius 1 is 0.626 bits per heavy atom. The fraction of sp³-hybridized carbons (Fsp3) is 0.578. The molecule has 494 valence electrons. The maximum Gasteiger partial charge on any atom is 0.326 e. The minimum Gasteiger partial charge on any atom is -0.480 e. The number of nitrogens with one attached hydrogen (secondary N) is 6. The van der Waals surface area contributed by atoms with Crippen molar-refractivity contribution in [3.63, 3.8) is 0 Å². The lowest BCUT2D eigenvalue weighted by atomic mass is 9.91. The van der Waals surface area contributed by atoms with Crippen LogP contribution in [0.1, 0.15) is 119 Å². The molecule has 0 radical (unpaired) electrons. The molecule has 2 unspecified atom stereocenters. The van der Waals surface area contributed by atoms with Crippen LogP contribution in [-0.4, -0.2) is 195 Å². The van der Waals surface area contributed by atoms with E-state index in [1.807, 2.05) is 48.5 Å². The van der Waals surface area contributed by atoms with Gasteiger partial charge in [-0.1, -0.05) is 98.8 Å². The summed E-state index contributed by atoms with van der Waals surface area (Å²) < 4.78 is 0. The highest BCUT2D eigenvalue weighted by molar-refractivity contribution is 5.99. The Kier molecular flexibility index (Phi) is 24.6. The second-order valence-electron chi connectivity index (χ2n) is 24.8. The Morgan fingerprint density at radius 2 is 1.27 bits per heavy atom. The highest BCUT2D eigenvalue weighted by atomic mass is 16.4. The van der Waals surface area contributed by atoms with Gasteiger partial charge in [-0.15, -0.1) is 0 Å². The second kappa shape index (κ2) is 32.6. The van der Waals surface area contributed by atoms with Crippen molar-refractivity contribution in [3.05, 3.63) is 83.4 Å². The van der Waals surface area contributed by atoms with Gasteiger partial charge in [0.1, 0.15) is 48.3 Å². The van der Waals surface area contributed by atoms with E-state index in [1.54, 1.807) is 18.2 Å². The molecule has 3 aromatic carbocycles.